The molecule has 9 nitrogen and oxygen atoms in total. The average Bonchev–Trinajstić information content (AvgIpc) is 3.55. The van der Waals surface area contributed by atoms with Crippen molar-refractivity contribution in [3.8, 4) is 5.75 Å². The molecule has 3 N–H and O–H groups in total. The number of hydrogen-bond donors (Lipinski definition) is 3. The van der Waals surface area contributed by atoms with Crippen molar-refractivity contribution in [2.75, 3.05) is 32.8 Å². The van der Waals surface area contributed by atoms with E-state index in [1.807, 2.05) is 0 Å². The Morgan fingerprint density at radius 2 is 2.06 bits per heavy atom. The van der Waals surface area contributed by atoms with Gasteiger partial charge >= 0.3 is 6.09 Å². The number of ether oxygens (including phenoxy) is 2. The number of amides is 1. The minimum absolute atomic E-state index is 0.0995. The molecule has 1 aromatic rings. The van der Waals surface area contributed by atoms with Gasteiger partial charge in [0, 0.05) is 0 Å². The number of aliphatic hydroxyl groups is 1. The molecule has 4 rings (SSSR count). The van der Waals surface area contributed by atoms with Crippen LogP contribution < -0.4 is 10.1 Å². The zero-order valence-corrected chi connectivity index (χ0v) is 18.2. The Balaban J connectivity index is 1.33. The average molecular weight is 455 g/mol. The van der Waals surface area contributed by atoms with Crippen LogP contribution in [0.25, 0.3) is 0 Å². The normalized spacial score (nSPS) is 24.1. The lowest BCUT2D eigenvalue weighted by atomic mass is 9.88. The van der Waals surface area contributed by atoms with Crippen molar-refractivity contribution < 1.29 is 32.9 Å². The fraction of sp³-hybridized carbons (Fsp3) is 0.667. The Morgan fingerprint density at radius 1 is 1.32 bits per heavy atom. The van der Waals surface area contributed by atoms with Gasteiger partial charge in [0.15, 0.2) is 9.84 Å². The molecule has 1 aromatic carbocycles. The SMILES string of the molecule is O=C(O)N(C[C@H](O)COc1cccc(S(=O)(=O)C2CC2)c1)[C@H]1COC2(CCNCC2)C1. The highest BCUT2D eigenvalue weighted by atomic mass is 32.2. The van der Waals surface area contributed by atoms with Crippen molar-refractivity contribution in [3.05, 3.63) is 24.3 Å². The lowest BCUT2D eigenvalue weighted by Crippen LogP contribution is -2.47. The number of sulfone groups is 1. The number of benzene rings is 1. The van der Waals surface area contributed by atoms with Crippen LogP contribution in [-0.2, 0) is 14.6 Å². The second kappa shape index (κ2) is 8.93. The van der Waals surface area contributed by atoms with Crippen LogP contribution in [0.5, 0.6) is 5.75 Å². The van der Waals surface area contributed by atoms with Crippen LogP contribution in [0.15, 0.2) is 29.2 Å². The van der Waals surface area contributed by atoms with E-state index in [1.165, 1.54) is 11.0 Å². The molecule has 2 atom stereocenters. The Morgan fingerprint density at radius 3 is 2.74 bits per heavy atom. The molecule has 3 aliphatic rings. The summed E-state index contributed by atoms with van der Waals surface area (Å²) in [5.41, 5.74) is -0.279. The van der Waals surface area contributed by atoms with Crippen LogP contribution in [0.2, 0.25) is 0 Å². The molecule has 0 unspecified atom stereocenters. The molecule has 0 aromatic heterocycles. The zero-order valence-electron chi connectivity index (χ0n) is 17.4. The predicted molar refractivity (Wildman–Crippen MR) is 112 cm³/mol. The molecular formula is C21H30N2O7S. The molecule has 2 aliphatic heterocycles. The molecule has 1 saturated carbocycles. The van der Waals surface area contributed by atoms with Gasteiger partial charge in [-0.1, -0.05) is 6.07 Å². The number of hydrogen-bond acceptors (Lipinski definition) is 7. The van der Waals surface area contributed by atoms with E-state index in [0.717, 1.165) is 25.9 Å². The minimum atomic E-state index is -3.33. The van der Waals surface area contributed by atoms with Gasteiger partial charge in [-0.25, -0.2) is 13.2 Å². The van der Waals surface area contributed by atoms with Crippen LogP contribution in [0, 0.1) is 0 Å². The van der Waals surface area contributed by atoms with E-state index in [0.29, 0.717) is 31.6 Å². The van der Waals surface area contributed by atoms with E-state index in [4.69, 9.17) is 9.47 Å². The maximum absolute atomic E-state index is 12.4. The topological polar surface area (TPSA) is 125 Å². The summed E-state index contributed by atoms with van der Waals surface area (Å²) in [6.45, 7) is 1.79. The summed E-state index contributed by atoms with van der Waals surface area (Å²) < 4.78 is 36.3. The molecule has 1 spiro atoms. The van der Waals surface area contributed by atoms with Gasteiger partial charge in [-0.05, 0) is 63.4 Å². The number of carboxylic acid groups (broad SMARTS) is 1. The van der Waals surface area contributed by atoms with Gasteiger partial charge in [0.1, 0.15) is 18.5 Å². The lowest BCUT2D eigenvalue weighted by Gasteiger charge is -2.34. The largest absolute Gasteiger partial charge is 0.491 e. The minimum Gasteiger partial charge on any atom is -0.491 e. The molecule has 1 amide bonds. The van der Waals surface area contributed by atoms with Gasteiger partial charge in [-0.15, -0.1) is 0 Å². The molecule has 0 radical (unpaired) electrons. The first kappa shape index (κ1) is 22.3. The van der Waals surface area contributed by atoms with Crippen LogP contribution in [-0.4, -0.2) is 85.5 Å². The quantitative estimate of drug-likeness (QED) is 0.536. The van der Waals surface area contributed by atoms with E-state index in [2.05, 4.69) is 5.32 Å². The van der Waals surface area contributed by atoms with Crippen molar-refractivity contribution >= 4 is 15.9 Å². The van der Waals surface area contributed by atoms with Crippen molar-refractivity contribution in [1.29, 1.82) is 0 Å². The van der Waals surface area contributed by atoms with Crippen molar-refractivity contribution in [2.45, 2.75) is 60.0 Å². The van der Waals surface area contributed by atoms with E-state index < -0.39 is 22.0 Å². The lowest BCUT2D eigenvalue weighted by molar-refractivity contribution is -0.0205. The molecule has 10 heteroatoms. The smallest absolute Gasteiger partial charge is 0.407 e. The van der Waals surface area contributed by atoms with Crippen molar-refractivity contribution in [3.63, 3.8) is 0 Å². The molecule has 172 valence electrons. The Hall–Kier alpha value is -1.88. The summed E-state index contributed by atoms with van der Waals surface area (Å²) in [7, 11) is -3.33. The molecule has 2 saturated heterocycles. The van der Waals surface area contributed by atoms with E-state index in [-0.39, 0.29) is 34.9 Å². The van der Waals surface area contributed by atoms with Gasteiger partial charge < -0.3 is 29.9 Å². The fourth-order valence-corrected chi connectivity index (χ4v) is 6.11. The number of carbonyl (C=O) groups is 1. The van der Waals surface area contributed by atoms with Crippen LogP contribution in [0.3, 0.4) is 0 Å². The van der Waals surface area contributed by atoms with Crippen LogP contribution >= 0.6 is 0 Å². The monoisotopic (exact) mass is 454 g/mol. The molecule has 0 bridgehead atoms. The Labute approximate surface area is 182 Å². The Kier molecular flexibility index (Phi) is 6.43. The highest BCUT2D eigenvalue weighted by Gasteiger charge is 2.44. The highest BCUT2D eigenvalue weighted by Crippen LogP contribution is 2.36. The van der Waals surface area contributed by atoms with E-state index in [9.17, 15) is 23.4 Å². The molecule has 3 fully saturated rings. The molecule has 31 heavy (non-hydrogen) atoms. The number of rotatable bonds is 8. The number of aliphatic hydroxyl groups excluding tert-OH is 1. The van der Waals surface area contributed by atoms with E-state index in [1.54, 1.807) is 18.2 Å². The summed E-state index contributed by atoms with van der Waals surface area (Å²) in [4.78, 5) is 13.3. The molecule has 2 heterocycles. The number of nitrogens with zero attached hydrogens (tertiary/aromatic N) is 1. The second-order valence-corrected chi connectivity index (χ2v) is 10.9. The summed E-state index contributed by atoms with van der Waals surface area (Å²) >= 11 is 0. The number of nitrogens with one attached hydrogen (secondary N) is 1. The van der Waals surface area contributed by atoms with Gasteiger partial charge in [0.25, 0.3) is 0 Å². The summed E-state index contributed by atoms with van der Waals surface area (Å²) in [6.07, 6.45) is 1.53. The molecule has 1 aliphatic carbocycles. The molecular weight excluding hydrogens is 424 g/mol. The second-order valence-electron chi connectivity index (χ2n) is 8.72. The third-order valence-electron chi connectivity index (χ3n) is 6.34. The van der Waals surface area contributed by atoms with Crippen molar-refractivity contribution in [2.24, 2.45) is 0 Å². The highest BCUT2D eigenvalue weighted by molar-refractivity contribution is 7.92. The first-order valence-electron chi connectivity index (χ1n) is 10.8. The van der Waals surface area contributed by atoms with Gasteiger partial charge in [-0.3, -0.25) is 0 Å². The van der Waals surface area contributed by atoms with E-state index >= 15 is 0 Å². The summed E-state index contributed by atoms with van der Waals surface area (Å²) in [5.74, 6) is 0.334. The predicted octanol–water partition coefficient (Wildman–Crippen LogP) is 1.25. The maximum Gasteiger partial charge on any atom is 0.407 e. The summed E-state index contributed by atoms with van der Waals surface area (Å²) in [5, 5.41) is 23.1. The van der Waals surface area contributed by atoms with Gasteiger partial charge in [0.05, 0.1) is 34.9 Å². The number of piperidine rings is 1. The first-order chi connectivity index (χ1) is 14.8. The zero-order chi connectivity index (χ0) is 22.1. The van der Waals surface area contributed by atoms with Crippen LogP contribution in [0.1, 0.15) is 32.1 Å². The maximum atomic E-state index is 12.4. The van der Waals surface area contributed by atoms with Gasteiger partial charge in [0.2, 0.25) is 0 Å². The summed E-state index contributed by atoms with van der Waals surface area (Å²) in [6, 6.07) is 5.92. The standard InChI is InChI=1S/C21H30N2O7S/c24-16(14-29-17-2-1-3-19(10-17)31(27,28)18-4-5-18)12-23(20(25)26)15-11-21(30-13-15)6-8-22-9-7-21/h1-3,10,15-16,18,22,24H,4-9,11-14H2,(H,25,26)/t15-,16+/m1/s1. The van der Waals surface area contributed by atoms with Crippen LogP contribution in [0.4, 0.5) is 4.79 Å². The fourth-order valence-electron chi connectivity index (χ4n) is 4.42. The third kappa shape index (κ3) is 5.14. The first-order valence-corrected chi connectivity index (χ1v) is 12.3. The Bertz CT molecular complexity index is 897. The van der Waals surface area contributed by atoms with Gasteiger partial charge in [-0.2, -0.15) is 0 Å². The van der Waals surface area contributed by atoms with Crippen molar-refractivity contribution in [1.82, 2.24) is 10.2 Å². The third-order valence-corrected chi connectivity index (χ3v) is 8.60.